The Morgan fingerprint density at radius 1 is 1.26 bits per heavy atom. The van der Waals surface area contributed by atoms with Gasteiger partial charge < -0.3 is 5.11 Å². The lowest BCUT2D eigenvalue weighted by Crippen LogP contribution is -2.44. The number of likely N-dealkylation sites (tertiary alicyclic amines) is 1. The first-order valence-corrected chi connectivity index (χ1v) is 9.88. The Bertz CT molecular complexity index is 437. The lowest BCUT2D eigenvalue weighted by molar-refractivity contribution is -0.129. The maximum absolute atomic E-state index is 13.0. The van der Waals surface area contributed by atoms with Crippen LogP contribution in [0.2, 0.25) is 0 Å². The van der Waals surface area contributed by atoms with Crippen molar-refractivity contribution in [1.29, 1.82) is 0 Å². The highest BCUT2D eigenvalue weighted by atomic mass is 16.3. The van der Waals surface area contributed by atoms with Gasteiger partial charge in [-0.15, -0.1) is 0 Å². The normalized spacial score (nSPS) is 44.4. The van der Waals surface area contributed by atoms with Gasteiger partial charge in [-0.05, 0) is 55.3 Å². The Morgan fingerprint density at radius 3 is 2.70 bits per heavy atom. The van der Waals surface area contributed by atoms with Crippen LogP contribution < -0.4 is 0 Å². The zero-order chi connectivity index (χ0) is 16.6. The number of aliphatic hydroxyl groups excluding tert-OH is 1. The quantitative estimate of drug-likeness (QED) is 0.842. The minimum atomic E-state index is -0.223. The molecule has 132 valence electrons. The first-order chi connectivity index (χ1) is 11.0. The summed E-state index contributed by atoms with van der Waals surface area (Å²) in [5.74, 6) is 3.12. The molecule has 0 bridgehead atoms. The molecule has 3 heteroatoms. The van der Waals surface area contributed by atoms with Crippen molar-refractivity contribution in [3.05, 3.63) is 0 Å². The third-order valence-corrected chi connectivity index (χ3v) is 7.43. The van der Waals surface area contributed by atoms with Crippen LogP contribution in [0.3, 0.4) is 0 Å². The second kappa shape index (κ2) is 6.84. The summed E-state index contributed by atoms with van der Waals surface area (Å²) < 4.78 is 0. The highest BCUT2D eigenvalue weighted by molar-refractivity contribution is 5.84. The fourth-order valence-corrected chi connectivity index (χ4v) is 6.11. The smallest absolute Gasteiger partial charge is 0.150 e. The van der Waals surface area contributed by atoms with E-state index in [0.717, 1.165) is 37.1 Å². The van der Waals surface area contributed by atoms with E-state index in [-0.39, 0.29) is 17.4 Å². The Morgan fingerprint density at radius 2 is 2.04 bits per heavy atom. The topological polar surface area (TPSA) is 40.5 Å². The predicted molar refractivity (Wildman–Crippen MR) is 93.2 cm³/mol. The van der Waals surface area contributed by atoms with Crippen molar-refractivity contribution < 1.29 is 9.90 Å². The number of rotatable bonds is 5. The average molecular weight is 322 g/mol. The molecule has 2 saturated carbocycles. The highest BCUT2D eigenvalue weighted by Gasteiger charge is 2.54. The third-order valence-electron chi connectivity index (χ3n) is 7.43. The molecule has 0 spiro atoms. The van der Waals surface area contributed by atoms with Crippen molar-refractivity contribution in [1.82, 2.24) is 4.90 Å². The van der Waals surface area contributed by atoms with Crippen LogP contribution in [0.1, 0.15) is 65.7 Å². The van der Waals surface area contributed by atoms with E-state index in [0.29, 0.717) is 18.9 Å². The standard InChI is InChI=1S/C20H35NO2/c1-4-5-16-14(2)8-10-20(3)17(16)6-7-18(20)19(23)13-21-11-9-15(22)12-21/h14-18,22H,4-13H2,1-3H3. The number of hydrogen-bond acceptors (Lipinski definition) is 3. The summed E-state index contributed by atoms with van der Waals surface area (Å²) in [6.07, 6.45) is 8.09. The van der Waals surface area contributed by atoms with Crippen LogP contribution in [0.4, 0.5) is 0 Å². The Labute approximate surface area is 141 Å². The van der Waals surface area contributed by atoms with E-state index in [2.05, 4.69) is 25.7 Å². The van der Waals surface area contributed by atoms with Gasteiger partial charge in [0.2, 0.25) is 0 Å². The van der Waals surface area contributed by atoms with Crippen LogP contribution in [-0.4, -0.2) is 41.5 Å². The largest absolute Gasteiger partial charge is 0.392 e. The molecule has 3 aliphatic rings. The van der Waals surface area contributed by atoms with Crippen molar-refractivity contribution in [2.45, 2.75) is 71.8 Å². The summed E-state index contributed by atoms with van der Waals surface area (Å²) in [6.45, 7) is 9.29. The summed E-state index contributed by atoms with van der Waals surface area (Å²) >= 11 is 0. The molecule has 0 aromatic carbocycles. The van der Waals surface area contributed by atoms with Crippen molar-refractivity contribution in [2.75, 3.05) is 19.6 Å². The molecule has 1 heterocycles. The molecule has 6 unspecified atom stereocenters. The maximum atomic E-state index is 13.0. The molecule has 6 atom stereocenters. The molecule has 0 aromatic heterocycles. The number of carbonyl (C=O) groups is 1. The van der Waals surface area contributed by atoms with Crippen LogP contribution in [0.15, 0.2) is 0 Å². The van der Waals surface area contributed by atoms with Crippen LogP contribution >= 0.6 is 0 Å². The van der Waals surface area contributed by atoms with Crippen molar-refractivity contribution in [3.8, 4) is 0 Å². The molecular weight excluding hydrogens is 286 g/mol. The summed E-state index contributed by atoms with van der Waals surface area (Å²) in [5, 5.41) is 9.69. The molecule has 3 rings (SSSR count). The number of aliphatic hydroxyl groups is 1. The average Bonchev–Trinajstić information content (AvgIpc) is 3.06. The Kier molecular flexibility index (Phi) is 5.18. The van der Waals surface area contributed by atoms with E-state index < -0.39 is 0 Å². The van der Waals surface area contributed by atoms with Crippen molar-refractivity contribution in [3.63, 3.8) is 0 Å². The summed E-state index contributed by atoms with van der Waals surface area (Å²) in [4.78, 5) is 15.2. The van der Waals surface area contributed by atoms with Gasteiger partial charge in [0.05, 0.1) is 12.6 Å². The minimum Gasteiger partial charge on any atom is -0.392 e. The Balaban J connectivity index is 1.68. The van der Waals surface area contributed by atoms with Gasteiger partial charge in [0.15, 0.2) is 0 Å². The Hall–Kier alpha value is -0.410. The molecule has 1 N–H and O–H groups in total. The van der Waals surface area contributed by atoms with Gasteiger partial charge in [-0.2, -0.15) is 0 Å². The third kappa shape index (κ3) is 3.24. The van der Waals surface area contributed by atoms with Crippen LogP contribution in [0, 0.1) is 29.1 Å². The number of fused-ring (bicyclic) bond motifs is 1. The molecule has 3 fully saturated rings. The monoisotopic (exact) mass is 321 g/mol. The molecule has 23 heavy (non-hydrogen) atoms. The van der Waals surface area contributed by atoms with E-state index in [4.69, 9.17) is 0 Å². The summed E-state index contributed by atoms with van der Waals surface area (Å²) in [6, 6.07) is 0. The van der Waals surface area contributed by atoms with Gasteiger partial charge in [0, 0.05) is 19.0 Å². The SMILES string of the molecule is CCCC1C(C)CCC2(C)C(C(=O)CN3CCC(O)C3)CCC12. The second-order valence-corrected chi connectivity index (χ2v) is 8.85. The van der Waals surface area contributed by atoms with Gasteiger partial charge in [0.25, 0.3) is 0 Å². The molecule has 0 radical (unpaired) electrons. The molecular formula is C20H35NO2. The van der Waals surface area contributed by atoms with E-state index >= 15 is 0 Å². The van der Waals surface area contributed by atoms with Crippen LogP contribution in [0.25, 0.3) is 0 Å². The fourth-order valence-electron chi connectivity index (χ4n) is 6.11. The highest BCUT2D eigenvalue weighted by Crippen LogP contribution is 2.59. The zero-order valence-electron chi connectivity index (χ0n) is 15.3. The fraction of sp³-hybridized carbons (Fsp3) is 0.950. The number of nitrogens with zero attached hydrogens (tertiary/aromatic N) is 1. The van der Waals surface area contributed by atoms with Gasteiger partial charge in [-0.25, -0.2) is 0 Å². The lowest BCUT2D eigenvalue weighted by Gasteiger charge is -2.48. The first kappa shape index (κ1) is 17.4. The van der Waals surface area contributed by atoms with Crippen LogP contribution in [-0.2, 0) is 4.79 Å². The predicted octanol–water partition coefficient (Wildman–Crippen LogP) is 3.50. The molecule has 1 saturated heterocycles. The zero-order valence-corrected chi connectivity index (χ0v) is 15.3. The van der Waals surface area contributed by atoms with Gasteiger partial charge >= 0.3 is 0 Å². The van der Waals surface area contributed by atoms with Crippen molar-refractivity contribution >= 4 is 5.78 Å². The van der Waals surface area contributed by atoms with E-state index in [9.17, 15) is 9.90 Å². The number of Topliss-reactive ketones (excluding diaryl/α,β-unsaturated/α-hetero) is 1. The first-order valence-electron chi connectivity index (χ1n) is 9.88. The molecule has 0 aromatic rings. The molecule has 3 nitrogen and oxygen atoms in total. The van der Waals surface area contributed by atoms with Gasteiger partial charge in [0.1, 0.15) is 5.78 Å². The summed E-state index contributed by atoms with van der Waals surface area (Å²) in [5.41, 5.74) is 0.238. The van der Waals surface area contributed by atoms with Crippen molar-refractivity contribution in [2.24, 2.45) is 29.1 Å². The van der Waals surface area contributed by atoms with Crippen LogP contribution in [0.5, 0.6) is 0 Å². The minimum absolute atomic E-state index is 0.223. The van der Waals surface area contributed by atoms with E-state index in [1.165, 1.54) is 32.1 Å². The molecule has 1 aliphatic heterocycles. The number of hydrogen-bond donors (Lipinski definition) is 1. The maximum Gasteiger partial charge on any atom is 0.150 e. The second-order valence-electron chi connectivity index (χ2n) is 8.85. The number of carbonyl (C=O) groups excluding carboxylic acids is 1. The molecule has 0 amide bonds. The number of β-amino-alcohol motifs (C(OH)–C–C–N with tert-alkyl or cyclic N) is 1. The molecule has 2 aliphatic carbocycles. The van der Waals surface area contributed by atoms with Gasteiger partial charge in [-0.3, -0.25) is 9.69 Å². The number of ketones is 1. The lowest BCUT2D eigenvalue weighted by atomic mass is 9.57. The van der Waals surface area contributed by atoms with E-state index in [1.807, 2.05) is 0 Å². The van der Waals surface area contributed by atoms with Gasteiger partial charge in [-0.1, -0.05) is 33.6 Å². The van der Waals surface area contributed by atoms with E-state index in [1.54, 1.807) is 0 Å². The summed E-state index contributed by atoms with van der Waals surface area (Å²) in [7, 11) is 0.